The summed E-state index contributed by atoms with van der Waals surface area (Å²) in [5.74, 6) is 0.191. The molecule has 0 bridgehead atoms. The van der Waals surface area contributed by atoms with Crippen molar-refractivity contribution in [1.29, 1.82) is 0 Å². The van der Waals surface area contributed by atoms with E-state index in [9.17, 15) is 9.59 Å². The van der Waals surface area contributed by atoms with Gasteiger partial charge in [0.05, 0.1) is 0 Å². The maximum atomic E-state index is 12.7. The number of ether oxygens (including phenoxy) is 1. The highest BCUT2D eigenvalue weighted by Gasteiger charge is 2.15. The molecule has 2 rings (SSSR count). The smallest absolute Gasteiger partial charge is 0.322 e. The molecule has 0 fully saturated rings. The first-order chi connectivity index (χ1) is 15.0. The van der Waals surface area contributed by atoms with E-state index in [0.29, 0.717) is 18.8 Å². The minimum atomic E-state index is -0.336. The van der Waals surface area contributed by atoms with Gasteiger partial charge >= 0.3 is 12.0 Å². The van der Waals surface area contributed by atoms with Crippen molar-refractivity contribution in [2.45, 2.75) is 55.7 Å². The molecule has 0 saturated heterocycles. The third kappa shape index (κ3) is 8.89. The van der Waals surface area contributed by atoms with Gasteiger partial charge in [0, 0.05) is 35.5 Å². The second-order valence-corrected chi connectivity index (χ2v) is 8.35. The lowest BCUT2D eigenvalue weighted by Gasteiger charge is -2.23. The molecule has 0 saturated carbocycles. The largest absolute Gasteiger partial charge is 0.427 e. The molecule has 0 radical (unpaired) electrons. The summed E-state index contributed by atoms with van der Waals surface area (Å²) in [5, 5.41) is 2.89. The molecule has 31 heavy (non-hydrogen) atoms. The van der Waals surface area contributed by atoms with Crippen molar-refractivity contribution < 1.29 is 14.3 Å². The minimum Gasteiger partial charge on any atom is -0.427 e. The lowest BCUT2D eigenvalue weighted by atomic mass is 10.1. The molecule has 1 N–H and O–H groups in total. The van der Waals surface area contributed by atoms with E-state index >= 15 is 0 Å². The Morgan fingerprint density at radius 3 is 2.48 bits per heavy atom. The van der Waals surface area contributed by atoms with Crippen LogP contribution in [0, 0.1) is 0 Å². The number of nitrogens with zero attached hydrogens (tertiary/aromatic N) is 1. The van der Waals surface area contributed by atoms with E-state index in [1.807, 2.05) is 41.3 Å². The van der Waals surface area contributed by atoms with E-state index in [2.05, 4.69) is 18.8 Å². The van der Waals surface area contributed by atoms with Crippen molar-refractivity contribution in [3.8, 4) is 5.75 Å². The fourth-order valence-corrected chi connectivity index (χ4v) is 3.94. The number of benzene rings is 2. The average molecular weight is 441 g/mol. The number of carbonyl (C=O) groups excluding carboxylic acids is 2. The molecule has 0 atom stereocenters. The van der Waals surface area contributed by atoms with E-state index in [1.54, 1.807) is 30.0 Å². The quantitative estimate of drug-likeness (QED) is 0.179. The van der Waals surface area contributed by atoms with Crippen molar-refractivity contribution in [2.24, 2.45) is 0 Å². The maximum Gasteiger partial charge on any atom is 0.322 e. The molecular formula is C25H32N2O3S. The fraction of sp³-hybridized carbons (Fsp3) is 0.360. The van der Waals surface area contributed by atoms with Gasteiger partial charge < -0.3 is 10.1 Å². The molecule has 2 aromatic carbocycles. The lowest BCUT2D eigenvalue weighted by molar-refractivity contribution is -0.131. The SMILES string of the molecule is C=CCNC(=O)N(CCCCCCC)c1cccc(Sc2ccc(OC(C)=O)cc2)c1. The van der Waals surface area contributed by atoms with Gasteiger partial charge in [-0.05, 0) is 48.9 Å². The Kier molecular flexibility index (Phi) is 10.7. The predicted octanol–water partition coefficient (Wildman–Crippen LogP) is 6.44. The van der Waals surface area contributed by atoms with Gasteiger partial charge in [0.25, 0.3) is 0 Å². The van der Waals surface area contributed by atoms with Crippen LogP contribution in [0.25, 0.3) is 0 Å². The topological polar surface area (TPSA) is 58.6 Å². The van der Waals surface area contributed by atoms with E-state index in [1.165, 1.54) is 26.2 Å². The summed E-state index contributed by atoms with van der Waals surface area (Å²) in [4.78, 5) is 27.7. The van der Waals surface area contributed by atoms with Crippen molar-refractivity contribution in [3.63, 3.8) is 0 Å². The van der Waals surface area contributed by atoms with Crippen LogP contribution < -0.4 is 15.0 Å². The molecular weight excluding hydrogens is 408 g/mol. The zero-order valence-electron chi connectivity index (χ0n) is 18.4. The van der Waals surface area contributed by atoms with Crippen LogP contribution in [0.4, 0.5) is 10.5 Å². The Labute approximate surface area is 189 Å². The van der Waals surface area contributed by atoms with Crippen LogP contribution in [0.2, 0.25) is 0 Å². The molecule has 5 nitrogen and oxygen atoms in total. The predicted molar refractivity (Wildman–Crippen MR) is 128 cm³/mol. The molecule has 0 aliphatic carbocycles. The summed E-state index contributed by atoms with van der Waals surface area (Å²) >= 11 is 1.60. The summed E-state index contributed by atoms with van der Waals surface area (Å²) in [6, 6.07) is 15.3. The molecule has 0 heterocycles. The Bertz CT molecular complexity index is 852. The molecule has 6 heteroatoms. The van der Waals surface area contributed by atoms with Crippen molar-refractivity contribution >= 4 is 29.4 Å². The van der Waals surface area contributed by atoms with Crippen LogP contribution in [0.15, 0.2) is 71.0 Å². The molecule has 0 aliphatic heterocycles. The average Bonchev–Trinajstić information content (AvgIpc) is 2.76. The molecule has 0 aliphatic rings. The lowest BCUT2D eigenvalue weighted by Crippen LogP contribution is -2.40. The van der Waals surface area contributed by atoms with Gasteiger partial charge in [-0.25, -0.2) is 4.79 Å². The number of amides is 2. The van der Waals surface area contributed by atoms with E-state index in [0.717, 1.165) is 28.3 Å². The van der Waals surface area contributed by atoms with Crippen molar-refractivity contribution in [3.05, 3.63) is 61.2 Å². The van der Waals surface area contributed by atoms with Crippen LogP contribution in [-0.4, -0.2) is 25.1 Å². The summed E-state index contributed by atoms with van der Waals surface area (Å²) in [6.45, 7) is 8.38. The number of urea groups is 1. The number of rotatable bonds is 12. The zero-order valence-corrected chi connectivity index (χ0v) is 19.2. The van der Waals surface area contributed by atoms with Crippen LogP contribution in [0.3, 0.4) is 0 Å². The number of hydrogen-bond acceptors (Lipinski definition) is 4. The standard InChI is InChI=1S/C25H32N2O3S/c1-4-6-7-8-9-18-27(25(29)26-17-5-2)21-11-10-12-24(19-21)31-23-15-13-22(14-16-23)30-20(3)28/h5,10-16,19H,2,4,6-9,17-18H2,1,3H3,(H,26,29). The van der Waals surface area contributed by atoms with E-state index in [4.69, 9.17) is 4.74 Å². The summed E-state index contributed by atoms with van der Waals surface area (Å²) in [7, 11) is 0. The van der Waals surface area contributed by atoms with Crippen molar-refractivity contribution in [2.75, 3.05) is 18.0 Å². The van der Waals surface area contributed by atoms with Gasteiger partial charge in [-0.15, -0.1) is 6.58 Å². The second kappa shape index (κ2) is 13.5. The minimum absolute atomic E-state index is 0.108. The third-order valence-electron chi connectivity index (χ3n) is 4.58. The van der Waals surface area contributed by atoms with E-state index in [-0.39, 0.29) is 12.0 Å². The third-order valence-corrected chi connectivity index (χ3v) is 5.58. The number of esters is 1. The number of nitrogens with one attached hydrogen (secondary N) is 1. The van der Waals surface area contributed by atoms with Crippen LogP contribution in [0.1, 0.15) is 46.0 Å². The van der Waals surface area contributed by atoms with Gasteiger partial charge in [-0.2, -0.15) is 0 Å². The summed E-state index contributed by atoms with van der Waals surface area (Å²) < 4.78 is 5.08. The monoisotopic (exact) mass is 440 g/mol. The summed E-state index contributed by atoms with van der Waals surface area (Å²) in [5.41, 5.74) is 0.874. The fourth-order valence-electron chi connectivity index (χ4n) is 3.07. The molecule has 0 unspecified atom stereocenters. The normalized spacial score (nSPS) is 10.4. The Hall–Kier alpha value is -2.73. The Balaban J connectivity index is 2.09. The number of hydrogen-bond donors (Lipinski definition) is 1. The highest BCUT2D eigenvalue weighted by molar-refractivity contribution is 7.99. The molecule has 166 valence electrons. The van der Waals surface area contributed by atoms with Crippen molar-refractivity contribution in [1.82, 2.24) is 5.32 Å². The van der Waals surface area contributed by atoms with Gasteiger partial charge in [0.2, 0.25) is 0 Å². The molecule has 2 aromatic rings. The maximum absolute atomic E-state index is 12.7. The first-order valence-corrected chi connectivity index (χ1v) is 11.6. The molecule has 0 spiro atoms. The highest BCUT2D eigenvalue weighted by atomic mass is 32.2. The zero-order chi connectivity index (χ0) is 22.5. The van der Waals surface area contributed by atoms with Crippen LogP contribution in [0.5, 0.6) is 5.75 Å². The number of anilines is 1. The second-order valence-electron chi connectivity index (χ2n) is 7.21. The number of unbranched alkanes of at least 4 members (excludes halogenated alkanes) is 4. The van der Waals surface area contributed by atoms with Gasteiger partial charge in [-0.1, -0.05) is 56.5 Å². The number of carbonyl (C=O) groups is 2. The van der Waals surface area contributed by atoms with Gasteiger partial charge in [0.15, 0.2) is 0 Å². The van der Waals surface area contributed by atoms with Crippen LogP contribution >= 0.6 is 11.8 Å². The van der Waals surface area contributed by atoms with Crippen LogP contribution in [-0.2, 0) is 4.79 Å². The molecule has 0 aromatic heterocycles. The van der Waals surface area contributed by atoms with Gasteiger partial charge in [-0.3, -0.25) is 9.69 Å². The highest BCUT2D eigenvalue weighted by Crippen LogP contribution is 2.31. The Morgan fingerprint density at radius 2 is 1.81 bits per heavy atom. The first-order valence-electron chi connectivity index (χ1n) is 10.8. The first kappa shape index (κ1) is 24.5. The molecule has 2 amide bonds. The van der Waals surface area contributed by atoms with E-state index < -0.39 is 0 Å². The Morgan fingerprint density at radius 1 is 1.06 bits per heavy atom. The summed E-state index contributed by atoms with van der Waals surface area (Å²) in [6.07, 6.45) is 7.38. The van der Waals surface area contributed by atoms with Gasteiger partial charge in [0.1, 0.15) is 5.75 Å².